The third kappa shape index (κ3) is 3.60. The molecule has 0 radical (unpaired) electrons. The van der Waals surface area contributed by atoms with Crippen LogP contribution in [-0.4, -0.2) is 16.5 Å². The number of rotatable bonds is 6. The van der Waals surface area contributed by atoms with Crippen molar-refractivity contribution in [2.24, 2.45) is 11.7 Å². The first kappa shape index (κ1) is 13.1. The Morgan fingerprint density at radius 2 is 2.28 bits per heavy atom. The number of hydrogen-bond acceptors (Lipinski definition) is 2. The van der Waals surface area contributed by atoms with Crippen molar-refractivity contribution >= 4 is 5.91 Å². The summed E-state index contributed by atoms with van der Waals surface area (Å²) < 4.78 is 2.05. The third-order valence-corrected chi connectivity index (χ3v) is 3.33. The van der Waals surface area contributed by atoms with E-state index >= 15 is 0 Å². The molecule has 1 fully saturated rings. The van der Waals surface area contributed by atoms with Gasteiger partial charge in [-0.3, -0.25) is 4.79 Å². The molecule has 1 unspecified atom stereocenters. The number of aromatic nitrogens is 1. The van der Waals surface area contributed by atoms with Crippen LogP contribution in [0.5, 0.6) is 0 Å². The van der Waals surface area contributed by atoms with Gasteiger partial charge in [-0.2, -0.15) is 0 Å². The van der Waals surface area contributed by atoms with Gasteiger partial charge in [0.25, 0.3) is 0 Å². The van der Waals surface area contributed by atoms with Crippen molar-refractivity contribution < 1.29 is 4.79 Å². The Morgan fingerprint density at radius 1 is 1.56 bits per heavy atom. The Hall–Kier alpha value is -1.29. The van der Waals surface area contributed by atoms with Crippen LogP contribution in [0.4, 0.5) is 0 Å². The smallest absolute Gasteiger partial charge is 0.221 e. The highest BCUT2D eigenvalue weighted by Crippen LogP contribution is 2.39. The Kier molecular flexibility index (Phi) is 4.07. The molecule has 0 saturated heterocycles. The largest absolute Gasteiger partial charge is 0.354 e. The summed E-state index contributed by atoms with van der Waals surface area (Å²) in [5, 5.41) is 2.89. The average molecular weight is 249 g/mol. The molecule has 4 heteroatoms. The lowest BCUT2D eigenvalue weighted by Gasteiger charge is -2.09. The van der Waals surface area contributed by atoms with Crippen LogP contribution in [-0.2, 0) is 11.3 Å². The molecular formula is C14H23N3O. The molecular weight excluding hydrogens is 226 g/mol. The second-order valence-electron chi connectivity index (χ2n) is 5.52. The number of amides is 1. The Bertz CT molecular complexity index is 407. The lowest BCUT2D eigenvalue weighted by Crippen LogP contribution is -2.30. The molecule has 100 valence electrons. The van der Waals surface area contributed by atoms with E-state index in [1.165, 1.54) is 18.4 Å². The van der Waals surface area contributed by atoms with Crippen molar-refractivity contribution in [1.82, 2.24) is 9.88 Å². The zero-order valence-corrected chi connectivity index (χ0v) is 11.2. The minimum Gasteiger partial charge on any atom is -0.354 e. The number of hydrogen-bond donors (Lipinski definition) is 2. The quantitative estimate of drug-likeness (QED) is 0.807. The van der Waals surface area contributed by atoms with Crippen LogP contribution in [0.2, 0.25) is 0 Å². The minimum atomic E-state index is 0.103. The Balaban J connectivity index is 1.81. The second-order valence-corrected chi connectivity index (χ2v) is 5.52. The molecule has 0 bridgehead atoms. The number of nitrogens with two attached hydrogens (primary N) is 1. The van der Waals surface area contributed by atoms with Gasteiger partial charge in [0.1, 0.15) is 0 Å². The van der Waals surface area contributed by atoms with Gasteiger partial charge in [-0.15, -0.1) is 0 Å². The summed E-state index contributed by atoms with van der Waals surface area (Å²) in [6, 6.07) is 2.46. The highest BCUT2D eigenvalue weighted by Gasteiger charge is 2.29. The number of nitrogens with zero attached hydrogens (tertiary/aromatic N) is 1. The maximum absolute atomic E-state index is 11.5. The molecule has 18 heavy (non-hydrogen) atoms. The van der Waals surface area contributed by atoms with Crippen molar-refractivity contribution in [3.63, 3.8) is 0 Å². The van der Waals surface area contributed by atoms with E-state index < -0.39 is 0 Å². The third-order valence-electron chi connectivity index (χ3n) is 3.33. The number of aryl methyl sites for hydroxylation is 1. The summed E-state index contributed by atoms with van der Waals surface area (Å²) in [6.07, 6.45) is 7.11. The summed E-state index contributed by atoms with van der Waals surface area (Å²) in [4.78, 5) is 11.5. The van der Waals surface area contributed by atoms with Gasteiger partial charge in [0.05, 0.1) is 0 Å². The fourth-order valence-corrected chi connectivity index (χ4v) is 2.15. The van der Waals surface area contributed by atoms with E-state index in [0.29, 0.717) is 12.3 Å². The van der Waals surface area contributed by atoms with Crippen molar-refractivity contribution in [1.29, 1.82) is 0 Å². The Labute approximate surface area is 109 Å². The molecule has 1 amide bonds. The average Bonchev–Trinajstić information content (AvgIpc) is 3.04. The molecule has 1 saturated carbocycles. The molecule has 1 aromatic heterocycles. The molecule has 1 aliphatic carbocycles. The zero-order valence-electron chi connectivity index (χ0n) is 11.2. The fourth-order valence-electron chi connectivity index (χ4n) is 2.15. The summed E-state index contributed by atoms with van der Waals surface area (Å²) >= 11 is 0. The van der Waals surface area contributed by atoms with Gasteiger partial charge < -0.3 is 15.6 Å². The van der Waals surface area contributed by atoms with Gasteiger partial charge in [0, 0.05) is 37.4 Å². The van der Waals surface area contributed by atoms with Crippen LogP contribution in [0.25, 0.3) is 0 Å². The van der Waals surface area contributed by atoms with Gasteiger partial charge >= 0.3 is 0 Å². The van der Waals surface area contributed by atoms with Crippen LogP contribution in [0.15, 0.2) is 18.5 Å². The standard InChI is InChI=1S/C14H23N3O/c1-10(2)16-13(18)6-8-17-7-5-12(9-17)14(15)11-3-4-11/h5,7,9-11,14H,3-4,6,8,15H2,1-2H3,(H,16,18). The van der Waals surface area contributed by atoms with Crippen LogP contribution >= 0.6 is 0 Å². The molecule has 2 rings (SSSR count). The van der Waals surface area contributed by atoms with Crippen LogP contribution < -0.4 is 11.1 Å². The van der Waals surface area contributed by atoms with E-state index in [9.17, 15) is 4.79 Å². The van der Waals surface area contributed by atoms with E-state index in [1.54, 1.807) is 0 Å². The highest BCUT2D eigenvalue weighted by atomic mass is 16.1. The van der Waals surface area contributed by atoms with Crippen LogP contribution in [0.1, 0.15) is 44.7 Å². The maximum Gasteiger partial charge on any atom is 0.221 e. The highest BCUT2D eigenvalue weighted by molar-refractivity contribution is 5.76. The van der Waals surface area contributed by atoms with E-state index in [4.69, 9.17) is 5.73 Å². The molecule has 1 aliphatic rings. The van der Waals surface area contributed by atoms with Crippen molar-refractivity contribution in [2.45, 2.75) is 51.7 Å². The van der Waals surface area contributed by atoms with Gasteiger partial charge in [-0.25, -0.2) is 0 Å². The van der Waals surface area contributed by atoms with E-state index in [1.807, 2.05) is 20.0 Å². The molecule has 1 aromatic rings. The number of nitrogens with one attached hydrogen (secondary N) is 1. The van der Waals surface area contributed by atoms with Crippen LogP contribution in [0, 0.1) is 5.92 Å². The molecule has 1 atom stereocenters. The lowest BCUT2D eigenvalue weighted by molar-refractivity contribution is -0.121. The Morgan fingerprint density at radius 3 is 2.89 bits per heavy atom. The van der Waals surface area contributed by atoms with Crippen molar-refractivity contribution in [3.8, 4) is 0 Å². The fraction of sp³-hybridized carbons (Fsp3) is 0.643. The zero-order chi connectivity index (χ0) is 13.1. The molecule has 0 aliphatic heterocycles. The molecule has 4 nitrogen and oxygen atoms in total. The molecule has 1 heterocycles. The number of carbonyl (C=O) groups excluding carboxylic acids is 1. The molecule has 0 spiro atoms. The van der Waals surface area contributed by atoms with E-state index in [2.05, 4.69) is 22.1 Å². The minimum absolute atomic E-state index is 0.103. The van der Waals surface area contributed by atoms with Crippen LogP contribution in [0.3, 0.4) is 0 Å². The van der Waals surface area contributed by atoms with E-state index in [0.717, 1.165) is 6.54 Å². The van der Waals surface area contributed by atoms with Crippen molar-refractivity contribution in [3.05, 3.63) is 24.0 Å². The van der Waals surface area contributed by atoms with E-state index in [-0.39, 0.29) is 18.0 Å². The normalized spacial score (nSPS) is 16.9. The molecule has 0 aromatic carbocycles. The topological polar surface area (TPSA) is 60.0 Å². The first-order valence-electron chi connectivity index (χ1n) is 6.77. The first-order chi connectivity index (χ1) is 8.56. The molecule has 3 N–H and O–H groups in total. The summed E-state index contributed by atoms with van der Waals surface area (Å²) in [7, 11) is 0. The van der Waals surface area contributed by atoms with Gasteiger partial charge in [0.15, 0.2) is 0 Å². The van der Waals surface area contributed by atoms with Gasteiger partial charge in [0.2, 0.25) is 5.91 Å². The van der Waals surface area contributed by atoms with Gasteiger partial charge in [-0.05, 0) is 44.2 Å². The van der Waals surface area contributed by atoms with Gasteiger partial charge in [-0.1, -0.05) is 0 Å². The predicted molar refractivity (Wildman–Crippen MR) is 72.0 cm³/mol. The SMILES string of the molecule is CC(C)NC(=O)CCn1ccc(C(N)C2CC2)c1. The summed E-state index contributed by atoms with van der Waals surface area (Å²) in [6.45, 7) is 4.66. The number of carbonyl (C=O) groups is 1. The van der Waals surface area contributed by atoms with Crippen molar-refractivity contribution in [2.75, 3.05) is 0 Å². The second kappa shape index (κ2) is 5.57. The predicted octanol–water partition coefficient (Wildman–Crippen LogP) is 1.81. The summed E-state index contributed by atoms with van der Waals surface area (Å²) in [5.74, 6) is 0.775. The monoisotopic (exact) mass is 249 g/mol. The summed E-state index contributed by atoms with van der Waals surface area (Å²) in [5.41, 5.74) is 7.34. The lowest BCUT2D eigenvalue weighted by atomic mass is 10.1. The maximum atomic E-state index is 11.5. The first-order valence-corrected chi connectivity index (χ1v) is 6.77.